The second-order valence-electron chi connectivity index (χ2n) is 2.41. The van der Waals surface area contributed by atoms with Crippen molar-refractivity contribution in [1.29, 1.82) is 0 Å². The van der Waals surface area contributed by atoms with Crippen molar-refractivity contribution in [2.24, 2.45) is 0 Å². The molecule has 0 fully saturated rings. The molecule has 60 valence electrons. The van der Waals surface area contributed by atoms with E-state index in [0.29, 0.717) is 12.2 Å². The predicted octanol–water partition coefficient (Wildman–Crippen LogP) is 1.51. The number of carboxylic acids is 1. The molecule has 1 heterocycles. The zero-order valence-corrected chi connectivity index (χ0v) is 6.66. The van der Waals surface area contributed by atoms with Gasteiger partial charge in [0.25, 0.3) is 0 Å². The molecule has 0 amide bonds. The molecule has 0 aliphatic heterocycles. The second-order valence-corrected chi connectivity index (χ2v) is 2.41. The van der Waals surface area contributed by atoms with Gasteiger partial charge in [0, 0.05) is 12.2 Å². The fourth-order valence-electron chi connectivity index (χ4n) is 1.18. The number of aromatic carboxylic acids is 1. The molecule has 0 bridgehead atoms. The maximum atomic E-state index is 10.6. The van der Waals surface area contributed by atoms with Crippen molar-refractivity contribution in [3.05, 3.63) is 23.5 Å². The van der Waals surface area contributed by atoms with E-state index < -0.39 is 5.97 Å². The van der Waals surface area contributed by atoms with Crippen molar-refractivity contribution < 1.29 is 9.90 Å². The first-order valence-electron chi connectivity index (χ1n) is 3.56. The molecule has 0 aliphatic rings. The van der Waals surface area contributed by atoms with Crippen molar-refractivity contribution in [2.45, 2.75) is 20.4 Å². The number of hydrogen-bond donors (Lipinski definition) is 1. The summed E-state index contributed by atoms with van der Waals surface area (Å²) in [6, 6.07) is 3.44. The highest BCUT2D eigenvalue weighted by Crippen LogP contribution is 2.07. The van der Waals surface area contributed by atoms with Gasteiger partial charge in [0.05, 0.1) is 0 Å². The minimum absolute atomic E-state index is 0.366. The summed E-state index contributed by atoms with van der Waals surface area (Å²) in [6.07, 6.45) is 0. The Labute approximate surface area is 65.3 Å². The largest absolute Gasteiger partial charge is 0.477 e. The standard InChI is InChI=1S/C8H11NO2/c1-3-9-6(2)4-5-7(9)8(10)11/h4-5H,3H2,1-2H3,(H,10,11). The molecule has 0 unspecified atom stereocenters. The normalized spacial score (nSPS) is 10.0. The van der Waals surface area contributed by atoms with Crippen LogP contribution in [0.1, 0.15) is 23.1 Å². The number of hydrogen-bond acceptors (Lipinski definition) is 1. The van der Waals surface area contributed by atoms with Gasteiger partial charge < -0.3 is 9.67 Å². The Bertz CT molecular complexity index is 276. The Kier molecular flexibility index (Phi) is 1.98. The Hall–Kier alpha value is -1.25. The van der Waals surface area contributed by atoms with Gasteiger partial charge in [-0.3, -0.25) is 0 Å². The maximum Gasteiger partial charge on any atom is 0.352 e. The average molecular weight is 153 g/mol. The molecule has 0 saturated carbocycles. The van der Waals surface area contributed by atoms with Gasteiger partial charge in [0.1, 0.15) is 5.69 Å². The first-order valence-corrected chi connectivity index (χ1v) is 3.56. The lowest BCUT2D eigenvalue weighted by atomic mass is 10.4. The maximum absolute atomic E-state index is 10.6. The fourth-order valence-corrected chi connectivity index (χ4v) is 1.18. The first kappa shape index (κ1) is 7.85. The van der Waals surface area contributed by atoms with Crippen LogP contribution >= 0.6 is 0 Å². The van der Waals surface area contributed by atoms with E-state index in [0.717, 1.165) is 5.69 Å². The minimum Gasteiger partial charge on any atom is -0.477 e. The van der Waals surface area contributed by atoms with Crippen molar-refractivity contribution in [3.8, 4) is 0 Å². The zero-order valence-electron chi connectivity index (χ0n) is 6.66. The quantitative estimate of drug-likeness (QED) is 0.699. The van der Waals surface area contributed by atoms with Gasteiger partial charge in [-0.25, -0.2) is 4.79 Å². The summed E-state index contributed by atoms with van der Waals surface area (Å²) in [5.74, 6) is -0.861. The van der Waals surface area contributed by atoms with Crippen LogP contribution in [0.5, 0.6) is 0 Å². The van der Waals surface area contributed by atoms with E-state index in [2.05, 4.69) is 0 Å². The van der Waals surface area contributed by atoms with Crippen LogP contribution in [0.2, 0.25) is 0 Å². The molecule has 0 atom stereocenters. The van der Waals surface area contributed by atoms with E-state index in [-0.39, 0.29) is 0 Å². The molecular formula is C8H11NO2. The number of carboxylic acid groups (broad SMARTS) is 1. The van der Waals surface area contributed by atoms with E-state index in [1.54, 1.807) is 10.6 Å². The molecule has 1 aromatic heterocycles. The van der Waals surface area contributed by atoms with Gasteiger partial charge >= 0.3 is 5.97 Å². The molecule has 3 heteroatoms. The molecule has 0 saturated heterocycles. The number of rotatable bonds is 2. The number of carbonyl (C=O) groups is 1. The smallest absolute Gasteiger partial charge is 0.352 e. The first-order chi connectivity index (χ1) is 5.16. The number of aryl methyl sites for hydroxylation is 1. The monoisotopic (exact) mass is 153 g/mol. The van der Waals surface area contributed by atoms with Crippen LogP contribution in [0.25, 0.3) is 0 Å². The highest BCUT2D eigenvalue weighted by Gasteiger charge is 2.08. The Morgan fingerprint density at radius 3 is 2.64 bits per heavy atom. The summed E-state index contributed by atoms with van der Waals surface area (Å²) in [7, 11) is 0. The lowest BCUT2D eigenvalue weighted by molar-refractivity contribution is 0.0685. The van der Waals surface area contributed by atoms with Crippen LogP contribution in [0.15, 0.2) is 12.1 Å². The average Bonchev–Trinajstić information content (AvgIpc) is 2.30. The van der Waals surface area contributed by atoms with Gasteiger partial charge in [0.15, 0.2) is 0 Å². The fraction of sp³-hybridized carbons (Fsp3) is 0.375. The summed E-state index contributed by atoms with van der Waals surface area (Å²) >= 11 is 0. The van der Waals surface area contributed by atoms with Gasteiger partial charge in [-0.1, -0.05) is 0 Å². The van der Waals surface area contributed by atoms with Gasteiger partial charge in [0.2, 0.25) is 0 Å². The molecule has 0 radical (unpaired) electrons. The molecule has 1 aromatic rings. The van der Waals surface area contributed by atoms with Crippen molar-refractivity contribution in [2.75, 3.05) is 0 Å². The second kappa shape index (κ2) is 2.78. The van der Waals surface area contributed by atoms with E-state index in [1.165, 1.54) is 0 Å². The molecule has 1 rings (SSSR count). The molecular weight excluding hydrogens is 142 g/mol. The van der Waals surface area contributed by atoms with Crippen LogP contribution in [-0.2, 0) is 6.54 Å². The van der Waals surface area contributed by atoms with Crippen molar-refractivity contribution >= 4 is 5.97 Å². The number of aromatic nitrogens is 1. The third kappa shape index (κ3) is 1.27. The summed E-state index contributed by atoms with van der Waals surface area (Å²) in [6.45, 7) is 4.54. The van der Waals surface area contributed by atoms with Gasteiger partial charge in [-0.15, -0.1) is 0 Å². The topological polar surface area (TPSA) is 42.2 Å². The van der Waals surface area contributed by atoms with E-state index >= 15 is 0 Å². The predicted molar refractivity (Wildman–Crippen MR) is 41.8 cm³/mol. The van der Waals surface area contributed by atoms with Crippen LogP contribution in [0.4, 0.5) is 0 Å². The van der Waals surface area contributed by atoms with E-state index in [1.807, 2.05) is 19.9 Å². The van der Waals surface area contributed by atoms with E-state index in [4.69, 9.17) is 5.11 Å². The molecule has 1 N–H and O–H groups in total. The highest BCUT2D eigenvalue weighted by atomic mass is 16.4. The van der Waals surface area contributed by atoms with Gasteiger partial charge in [-0.05, 0) is 26.0 Å². The Balaban J connectivity index is 3.15. The third-order valence-electron chi connectivity index (χ3n) is 1.73. The zero-order chi connectivity index (χ0) is 8.43. The highest BCUT2D eigenvalue weighted by molar-refractivity contribution is 5.86. The van der Waals surface area contributed by atoms with Crippen molar-refractivity contribution in [1.82, 2.24) is 4.57 Å². The molecule has 3 nitrogen and oxygen atoms in total. The summed E-state index contributed by atoms with van der Waals surface area (Å²) in [4.78, 5) is 10.6. The third-order valence-corrected chi connectivity index (χ3v) is 1.73. The molecule has 0 spiro atoms. The Morgan fingerprint density at radius 1 is 1.64 bits per heavy atom. The minimum atomic E-state index is -0.861. The lowest BCUT2D eigenvalue weighted by Gasteiger charge is -2.03. The van der Waals surface area contributed by atoms with Crippen LogP contribution in [0, 0.1) is 6.92 Å². The summed E-state index contributed by atoms with van der Waals surface area (Å²) in [5, 5.41) is 8.69. The summed E-state index contributed by atoms with van der Waals surface area (Å²) in [5.41, 5.74) is 1.36. The van der Waals surface area contributed by atoms with Crippen LogP contribution in [0.3, 0.4) is 0 Å². The van der Waals surface area contributed by atoms with Crippen LogP contribution < -0.4 is 0 Å². The Morgan fingerprint density at radius 2 is 2.27 bits per heavy atom. The van der Waals surface area contributed by atoms with Gasteiger partial charge in [-0.2, -0.15) is 0 Å². The van der Waals surface area contributed by atoms with Crippen molar-refractivity contribution in [3.63, 3.8) is 0 Å². The van der Waals surface area contributed by atoms with Crippen LogP contribution in [-0.4, -0.2) is 15.6 Å². The number of nitrogens with zero attached hydrogens (tertiary/aromatic N) is 1. The SMILES string of the molecule is CCn1c(C)ccc1C(=O)O. The molecule has 11 heavy (non-hydrogen) atoms. The lowest BCUT2D eigenvalue weighted by Crippen LogP contribution is -2.07. The molecule has 0 aliphatic carbocycles. The summed E-state index contributed by atoms with van der Waals surface area (Å²) < 4.78 is 1.77. The molecule has 0 aromatic carbocycles. The van der Waals surface area contributed by atoms with E-state index in [9.17, 15) is 4.79 Å².